The molecule has 1 atom stereocenters. The molecule has 0 N–H and O–H groups in total. The lowest BCUT2D eigenvalue weighted by molar-refractivity contribution is -0.00284. The Balaban J connectivity index is 1.86. The van der Waals surface area contributed by atoms with Gasteiger partial charge in [0.05, 0.1) is 12.4 Å². The van der Waals surface area contributed by atoms with Crippen LogP contribution in [0.15, 0.2) is 4.52 Å². The normalized spacial score (nSPS) is 21.7. The fourth-order valence-corrected chi connectivity index (χ4v) is 2.92. The van der Waals surface area contributed by atoms with Crippen molar-refractivity contribution in [1.29, 1.82) is 0 Å². The van der Waals surface area contributed by atoms with Crippen LogP contribution in [0.1, 0.15) is 31.5 Å². The second-order valence-corrected chi connectivity index (χ2v) is 6.64. The van der Waals surface area contributed by atoms with Gasteiger partial charge >= 0.3 is 0 Å². The van der Waals surface area contributed by atoms with Crippen molar-refractivity contribution < 1.29 is 17.7 Å². The average molecular weight is 289 g/mol. The molecule has 2 rings (SSSR count). The maximum Gasteiger partial charge on any atom is 0.252 e. The maximum atomic E-state index is 11.5. The quantitative estimate of drug-likeness (QED) is 0.788. The van der Waals surface area contributed by atoms with Crippen LogP contribution < -0.4 is 0 Å². The summed E-state index contributed by atoms with van der Waals surface area (Å²) in [7, 11) is -3.14. The maximum absolute atomic E-state index is 11.5. The third-order valence-electron chi connectivity index (χ3n) is 3.08. The van der Waals surface area contributed by atoms with E-state index in [0.717, 1.165) is 19.3 Å². The van der Waals surface area contributed by atoms with Crippen LogP contribution in [-0.2, 0) is 27.8 Å². The fraction of sp³-hybridized carbons (Fsp3) is 0.818. The van der Waals surface area contributed by atoms with Crippen molar-refractivity contribution in [3.63, 3.8) is 0 Å². The molecule has 1 aromatic heterocycles. The number of aromatic nitrogens is 2. The summed E-state index contributed by atoms with van der Waals surface area (Å²) in [5, 5.41) is 3.78. The summed E-state index contributed by atoms with van der Waals surface area (Å²) in [6.45, 7) is 3.14. The van der Waals surface area contributed by atoms with E-state index >= 15 is 0 Å². The standard InChI is InChI=1S/C11H19N3O4S/c1-3-10-12-11(18-13-10)8-17-9-5-4-6-14(7-9)19(2,15)16/h9H,3-8H2,1-2H3/t9-/m1/s1. The molecule has 0 radical (unpaired) electrons. The van der Waals surface area contributed by atoms with Crippen molar-refractivity contribution in [1.82, 2.24) is 14.4 Å². The van der Waals surface area contributed by atoms with Crippen molar-refractivity contribution in [2.24, 2.45) is 0 Å². The number of hydrogen-bond donors (Lipinski definition) is 0. The van der Waals surface area contributed by atoms with Crippen molar-refractivity contribution in [3.8, 4) is 0 Å². The zero-order valence-electron chi connectivity index (χ0n) is 11.2. The first-order valence-corrected chi connectivity index (χ1v) is 8.22. The molecule has 0 bridgehead atoms. The molecular formula is C11H19N3O4S. The van der Waals surface area contributed by atoms with Crippen LogP contribution in [-0.4, -0.2) is 48.3 Å². The van der Waals surface area contributed by atoms with Gasteiger partial charge in [0.1, 0.15) is 6.61 Å². The molecule has 1 aromatic rings. The van der Waals surface area contributed by atoms with E-state index in [9.17, 15) is 8.42 Å². The molecular weight excluding hydrogens is 270 g/mol. The van der Waals surface area contributed by atoms with Crippen LogP contribution in [0.4, 0.5) is 0 Å². The van der Waals surface area contributed by atoms with Crippen molar-refractivity contribution in [2.45, 2.75) is 38.9 Å². The van der Waals surface area contributed by atoms with Gasteiger partial charge in [0.25, 0.3) is 5.89 Å². The first-order chi connectivity index (χ1) is 8.99. The summed E-state index contributed by atoms with van der Waals surface area (Å²) < 4.78 is 35.1. The SMILES string of the molecule is CCc1noc(CO[C@@H]2CCCN(S(C)(=O)=O)C2)n1. The predicted molar refractivity (Wildman–Crippen MR) is 67.9 cm³/mol. The minimum Gasteiger partial charge on any atom is -0.367 e. The number of nitrogens with zero attached hydrogens (tertiary/aromatic N) is 3. The highest BCUT2D eigenvalue weighted by molar-refractivity contribution is 7.88. The molecule has 0 amide bonds. The van der Waals surface area contributed by atoms with Crippen LogP contribution >= 0.6 is 0 Å². The van der Waals surface area contributed by atoms with Gasteiger partial charge in [-0.1, -0.05) is 12.1 Å². The van der Waals surface area contributed by atoms with Crippen LogP contribution in [0, 0.1) is 0 Å². The summed E-state index contributed by atoms with van der Waals surface area (Å²) in [5.74, 6) is 1.09. The van der Waals surface area contributed by atoms with Crippen LogP contribution in [0.25, 0.3) is 0 Å². The molecule has 1 fully saturated rings. The molecule has 108 valence electrons. The van der Waals surface area contributed by atoms with Gasteiger partial charge in [0, 0.05) is 19.5 Å². The summed E-state index contributed by atoms with van der Waals surface area (Å²) in [6, 6.07) is 0. The number of aryl methyl sites for hydroxylation is 1. The third-order valence-corrected chi connectivity index (χ3v) is 4.35. The Labute approximate surface area is 113 Å². The highest BCUT2D eigenvalue weighted by Gasteiger charge is 2.26. The number of ether oxygens (including phenoxy) is 1. The van der Waals surface area contributed by atoms with Crippen molar-refractivity contribution >= 4 is 10.0 Å². The van der Waals surface area contributed by atoms with Gasteiger partial charge in [-0.15, -0.1) is 0 Å². The second-order valence-electron chi connectivity index (χ2n) is 4.65. The summed E-state index contributed by atoms with van der Waals surface area (Å²) >= 11 is 0. The van der Waals surface area contributed by atoms with Crippen LogP contribution in [0.3, 0.4) is 0 Å². The van der Waals surface area contributed by atoms with Gasteiger partial charge < -0.3 is 9.26 Å². The number of hydrogen-bond acceptors (Lipinski definition) is 6. The Kier molecular flexibility index (Phi) is 4.54. The molecule has 0 spiro atoms. The van der Waals surface area contributed by atoms with E-state index in [1.165, 1.54) is 10.6 Å². The predicted octanol–water partition coefficient (Wildman–Crippen LogP) is 0.573. The molecule has 8 heteroatoms. The van der Waals surface area contributed by atoms with E-state index in [0.29, 0.717) is 24.8 Å². The molecule has 0 aliphatic carbocycles. The lowest BCUT2D eigenvalue weighted by Gasteiger charge is -2.30. The molecule has 1 saturated heterocycles. The molecule has 1 aliphatic rings. The molecule has 7 nitrogen and oxygen atoms in total. The highest BCUT2D eigenvalue weighted by Crippen LogP contribution is 2.16. The van der Waals surface area contributed by atoms with Crippen molar-refractivity contribution in [3.05, 3.63) is 11.7 Å². The molecule has 2 heterocycles. The van der Waals surface area contributed by atoms with Crippen LogP contribution in [0.5, 0.6) is 0 Å². The Morgan fingerprint density at radius 3 is 2.95 bits per heavy atom. The monoisotopic (exact) mass is 289 g/mol. The van der Waals surface area contributed by atoms with E-state index in [4.69, 9.17) is 9.26 Å². The molecule has 0 unspecified atom stereocenters. The zero-order valence-corrected chi connectivity index (χ0v) is 12.0. The smallest absolute Gasteiger partial charge is 0.252 e. The van der Waals surface area contributed by atoms with E-state index < -0.39 is 10.0 Å². The second kappa shape index (κ2) is 5.98. The summed E-state index contributed by atoms with van der Waals surface area (Å²) in [6.07, 6.45) is 3.48. The summed E-state index contributed by atoms with van der Waals surface area (Å²) in [4.78, 5) is 4.15. The van der Waals surface area contributed by atoms with Crippen molar-refractivity contribution in [2.75, 3.05) is 19.3 Å². The largest absolute Gasteiger partial charge is 0.367 e. The third kappa shape index (κ3) is 3.99. The van der Waals surface area contributed by atoms with Gasteiger partial charge in [-0.2, -0.15) is 9.29 Å². The Morgan fingerprint density at radius 1 is 1.53 bits per heavy atom. The Hall–Kier alpha value is -0.990. The first-order valence-electron chi connectivity index (χ1n) is 6.37. The Bertz CT molecular complexity index is 514. The topological polar surface area (TPSA) is 85.5 Å². The number of sulfonamides is 1. The Morgan fingerprint density at radius 2 is 2.32 bits per heavy atom. The van der Waals surface area contributed by atoms with E-state index in [1.54, 1.807) is 0 Å². The minimum absolute atomic E-state index is 0.111. The number of piperidine rings is 1. The van der Waals surface area contributed by atoms with Gasteiger partial charge in [-0.3, -0.25) is 0 Å². The van der Waals surface area contributed by atoms with Crippen LogP contribution in [0.2, 0.25) is 0 Å². The van der Waals surface area contributed by atoms with Gasteiger partial charge in [0.15, 0.2) is 5.82 Å². The first kappa shape index (κ1) is 14.4. The van der Waals surface area contributed by atoms with Gasteiger partial charge in [0.2, 0.25) is 10.0 Å². The molecule has 0 aromatic carbocycles. The van der Waals surface area contributed by atoms with Gasteiger partial charge in [-0.25, -0.2) is 8.42 Å². The van der Waals surface area contributed by atoms with E-state index in [2.05, 4.69) is 10.1 Å². The van der Waals surface area contributed by atoms with E-state index in [-0.39, 0.29) is 12.7 Å². The zero-order chi connectivity index (χ0) is 13.9. The lowest BCUT2D eigenvalue weighted by Crippen LogP contribution is -2.42. The summed E-state index contributed by atoms with van der Waals surface area (Å²) in [5.41, 5.74) is 0. The average Bonchev–Trinajstić information content (AvgIpc) is 2.84. The molecule has 0 saturated carbocycles. The lowest BCUT2D eigenvalue weighted by atomic mass is 10.1. The minimum atomic E-state index is -3.14. The van der Waals surface area contributed by atoms with E-state index in [1.807, 2.05) is 6.92 Å². The van der Waals surface area contributed by atoms with Gasteiger partial charge in [-0.05, 0) is 12.8 Å². The fourth-order valence-electron chi connectivity index (χ4n) is 2.02. The number of rotatable bonds is 5. The molecule has 19 heavy (non-hydrogen) atoms. The highest BCUT2D eigenvalue weighted by atomic mass is 32.2. The molecule has 1 aliphatic heterocycles.